The van der Waals surface area contributed by atoms with E-state index in [9.17, 15) is 9.59 Å². The molecule has 0 spiro atoms. The average molecular weight is 377 g/mol. The average Bonchev–Trinajstić information content (AvgIpc) is 2.60. The second-order valence-corrected chi connectivity index (χ2v) is 8.49. The lowest BCUT2D eigenvalue weighted by atomic mass is 10.1. The summed E-state index contributed by atoms with van der Waals surface area (Å²) in [5.41, 5.74) is 10.5. The molecule has 0 amide bonds. The minimum absolute atomic E-state index is 0.171. The van der Waals surface area contributed by atoms with Gasteiger partial charge < -0.3 is 11.5 Å². The van der Waals surface area contributed by atoms with Gasteiger partial charge in [0.25, 0.3) is 0 Å². The van der Waals surface area contributed by atoms with Gasteiger partial charge in [0.1, 0.15) is 11.6 Å². The lowest BCUT2D eigenvalue weighted by Gasteiger charge is -2.03. The molecule has 0 rings (SSSR count). The number of unbranched alkanes of at least 4 members (excludes halogenated alkanes) is 7. The van der Waals surface area contributed by atoms with E-state index in [0.29, 0.717) is 12.8 Å². The van der Waals surface area contributed by atoms with Gasteiger partial charge >= 0.3 is 0 Å². The number of carbonyl (C=O) groups is 2. The third kappa shape index (κ3) is 18.3. The Labute approximate surface area is 156 Å². The van der Waals surface area contributed by atoms with Crippen LogP contribution in [-0.2, 0) is 9.59 Å². The molecule has 0 unspecified atom stereocenters. The van der Waals surface area contributed by atoms with Crippen molar-refractivity contribution >= 4 is 35.1 Å². The zero-order valence-corrected chi connectivity index (χ0v) is 16.7. The van der Waals surface area contributed by atoms with E-state index in [-0.39, 0.29) is 24.7 Å². The molecule has 0 saturated heterocycles. The molecule has 0 aliphatic rings. The van der Waals surface area contributed by atoms with E-state index in [1.807, 2.05) is 23.5 Å². The first-order chi connectivity index (χ1) is 11.7. The van der Waals surface area contributed by atoms with Crippen LogP contribution < -0.4 is 11.5 Å². The summed E-state index contributed by atoms with van der Waals surface area (Å²) in [5, 5.41) is 0. The van der Waals surface area contributed by atoms with Crippen molar-refractivity contribution in [2.45, 2.75) is 64.2 Å². The zero-order chi connectivity index (χ0) is 17.9. The molecular weight excluding hydrogens is 340 g/mol. The van der Waals surface area contributed by atoms with Crippen LogP contribution in [0.2, 0.25) is 0 Å². The molecule has 0 aromatic carbocycles. The smallest absolute Gasteiger partial charge is 0.147 e. The summed E-state index contributed by atoms with van der Waals surface area (Å²) in [5.74, 6) is 4.53. The number of Topliss-reactive ketones (excluding diaryl/α,β-unsaturated/α-hetero) is 2. The summed E-state index contributed by atoms with van der Waals surface area (Å²) in [7, 11) is 0. The van der Waals surface area contributed by atoms with Gasteiger partial charge in [-0.05, 0) is 24.3 Å². The van der Waals surface area contributed by atoms with Crippen LogP contribution in [0.15, 0.2) is 0 Å². The van der Waals surface area contributed by atoms with Gasteiger partial charge in [0.15, 0.2) is 0 Å². The molecule has 0 aliphatic heterocycles. The molecule has 0 aliphatic carbocycles. The van der Waals surface area contributed by atoms with Crippen molar-refractivity contribution in [1.29, 1.82) is 0 Å². The fourth-order valence-electron chi connectivity index (χ4n) is 2.25. The first-order valence-corrected chi connectivity index (χ1v) is 11.6. The molecule has 0 saturated carbocycles. The Morgan fingerprint density at radius 3 is 1.21 bits per heavy atom. The summed E-state index contributed by atoms with van der Waals surface area (Å²) in [6, 6.07) is 0. The summed E-state index contributed by atoms with van der Waals surface area (Å²) in [6.45, 7) is 0.375. The monoisotopic (exact) mass is 376 g/mol. The standard InChI is InChI=1S/C18H36N2O2S2/c19-15-17(21)9-13-23-11-7-5-3-1-2-4-6-8-12-24-14-10-18(22)16-20/h1-16,19-20H2. The Bertz CT molecular complexity index is 285. The lowest BCUT2D eigenvalue weighted by molar-refractivity contribution is -0.118. The van der Waals surface area contributed by atoms with Gasteiger partial charge in [-0.15, -0.1) is 0 Å². The highest BCUT2D eigenvalue weighted by Gasteiger charge is 1.99. The van der Waals surface area contributed by atoms with Crippen LogP contribution in [0.5, 0.6) is 0 Å². The molecule has 4 nitrogen and oxygen atoms in total. The molecular formula is C18H36N2O2S2. The minimum atomic E-state index is 0.171. The van der Waals surface area contributed by atoms with Crippen molar-refractivity contribution < 1.29 is 9.59 Å². The van der Waals surface area contributed by atoms with Crippen LogP contribution in [0.25, 0.3) is 0 Å². The van der Waals surface area contributed by atoms with E-state index in [2.05, 4.69) is 0 Å². The summed E-state index contributed by atoms with van der Waals surface area (Å²) in [6.07, 6.45) is 11.7. The second kappa shape index (κ2) is 19.3. The first kappa shape index (κ1) is 24.0. The number of nitrogens with two attached hydrogens (primary N) is 2. The van der Waals surface area contributed by atoms with E-state index >= 15 is 0 Å². The topological polar surface area (TPSA) is 86.2 Å². The van der Waals surface area contributed by atoms with Gasteiger partial charge in [0.2, 0.25) is 0 Å². The van der Waals surface area contributed by atoms with Crippen LogP contribution in [-0.4, -0.2) is 47.7 Å². The number of thioether (sulfide) groups is 2. The summed E-state index contributed by atoms with van der Waals surface area (Å²) >= 11 is 3.75. The summed E-state index contributed by atoms with van der Waals surface area (Å²) < 4.78 is 0. The maximum atomic E-state index is 11.0. The molecule has 0 aromatic heterocycles. The largest absolute Gasteiger partial charge is 0.324 e. The van der Waals surface area contributed by atoms with Gasteiger partial charge in [-0.3, -0.25) is 9.59 Å². The quantitative estimate of drug-likeness (QED) is 0.336. The third-order valence-electron chi connectivity index (χ3n) is 3.83. The van der Waals surface area contributed by atoms with Gasteiger partial charge in [-0.1, -0.05) is 38.5 Å². The maximum absolute atomic E-state index is 11.0. The van der Waals surface area contributed by atoms with Crippen LogP contribution >= 0.6 is 23.5 Å². The zero-order valence-electron chi connectivity index (χ0n) is 15.1. The number of hydrogen-bond acceptors (Lipinski definition) is 6. The van der Waals surface area contributed by atoms with Crippen molar-refractivity contribution in [2.75, 3.05) is 36.1 Å². The van der Waals surface area contributed by atoms with Crippen LogP contribution in [0.1, 0.15) is 64.2 Å². The number of carbonyl (C=O) groups excluding carboxylic acids is 2. The predicted octanol–water partition coefficient (Wildman–Crippen LogP) is 3.41. The predicted molar refractivity (Wildman–Crippen MR) is 109 cm³/mol. The van der Waals surface area contributed by atoms with Gasteiger partial charge in [0, 0.05) is 24.3 Å². The van der Waals surface area contributed by atoms with Crippen LogP contribution in [0.4, 0.5) is 0 Å². The number of rotatable bonds is 19. The Balaban J connectivity index is 3.05. The highest BCUT2D eigenvalue weighted by molar-refractivity contribution is 7.99. The van der Waals surface area contributed by atoms with Crippen LogP contribution in [0, 0.1) is 0 Å². The molecule has 0 atom stereocenters. The highest BCUT2D eigenvalue weighted by Crippen LogP contribution is 2.13. The van der Waals surface area contributed by atoms with Crippen molar-refractivity contribution in [3.05, 3.63) is 0 Å². The molecule has 0 radical (unpaired) electrons. The van der Waals surface area contributed by atoms with Gasteiger partial charge in [0.05, 0.1) is 13.1 Å². The number of ketones is 2. The van der Waals surface area contributed by atoms with Crippen LogP contribution in [0.3, 0.4) is 0 Å². The van der Waals surface area contributed by atoms with E-state index in [0.717, 1.165) is 11.5 Å². The lowest BCUT2D eigenvalue weighted by Crippen LogP contribution is -2.13. The van der Waals surface area contributed by atoms with Gasteiger partial charge in [-0.25, -0.2) is 0 Å². The maximum Gasteiger partial charge on any atom is 0.147 e. The SMILES string of the molecule is NCC(=O)CCSCCCCCCCCCCSCCC(=O)CN. The Kier molecular flexibility index (Phi) is 19.3. The number of hydrogen-bond donors (Lipinski definition) is 2. The Morgan fingerprint density at radius 1 is 0.542 bits per heavy atom. The molecule has 142 valence electrons. The van der Waals surface area contributed by atoms with E-state index in [4.69, 9.17) is 11.5 Å². The van der Waals surface area contributed by atoms with E-state index in [1.165, 1.54) is 62.9 Å². The molecule has 0 fully saturated rings. The minimum Gasteiger partial charge on any atom is -0.324 e. The molecule has 0 aromatic rings. The van der Waals surface area contributed by atoms with Crippen molar-refractivity contribution in [3.63, 3.8) is 0 Å². The van der Waals surface area contributed by atoms with Crippen molar-refractivity contribution in [2.24, 2.45) is 11.5 Å². The fourth-order valence-corrected chi connectivity index (χ4v) is 4.22. The molecule has 0 bridgehead atoms. The summed E-state index contributed by atoms with van der Waals surface area (Å²) in [4.78, 5) is 22.1. The highest BCUT2D eigenvalue weighted by atomic mass is 32.2. The molecule has 6 heteroatoms. The van der Waals surface area contributed by atoms with Crippen molar-refractivity contribution in [3.8, 4) is 0 Å². The molecule has 24 heavy (non-hydrogen) atoms. The molecule has 0 heterocycles. The Morgan fingerprint density at radius 2 is 0.875 bits per heavy atom. The van der Waals surface area contributed by atoms with E-state index < -0.39 is 0 Å². The fraction of sp³-hybridized carbons (Fsp3) is 0.889. The van der Waals surface area contributed by atoms with Crippen molar-refractivity contribution in [1.82, 2.24) is 0 Å². The van der Waals surface area contributed by atoms with Gasteiger partial charge in [-0.2, -0.15) is 23.5 Å². The van der Waals surface area contributed by atoms with E-state index in [1.54, 1.807) is 0 Å². The second-order valence-electron chi connectivity index (χ2n) is 6.04. The Hall–Kier alpha value is -0.0400. The third-order valence-corrected chi connectivity index (χ3v) is 5.97. The normalized spacial score (nSPS) is 10.9. The first-order valence-electron chi connectivity index (χ1n) is 9.29. The molecule has 4 N–H and O–H groups in total.